The fourth-order valence-corrected chi connectivity index (χ4v) is 3.65. The molecule has 1 aliphatic carbocycles. The molecule has 0 unspecified atom stereocenters. The predicted octanol–water partition coefficient (Wildman–Crippen LogP) is 4.40. The maximum Gasteiger partial charge on any atom is 0.347 e. The molecule has 4 rings (SSSR count). The number of aromatic nitrogens is 2. The predicted molar refractivity (Wildman–Crippen MR) is 106 cm³/mol. The first-order valence-electron chi connectivity index (χ1n) is 8.11. The van der Waals surface area contributed by atoms with Crippen molar-refractivity contribution in [3.63, 3.8) is 0 Å². The Hall–Kier alpha value is -1.77. The van der Waals surface area contributed by atoms with Crippen LogP contribution < -0.4 is 0 Å². The van der Waals surface area contributed by atoms with Crippen molar-refractivity contribution in [2.24, 2.45) is 0 Å². The Bertz CT molecular complexity index is 995. The minimum Gasteiger partial charge on any atom is -0.479 e. The Morgan fingerprint density at radius 2 is 1.92 bits per heavy atom. The van der Waals surface area contributed by atoms with E-state index in [1.807, 2.05) is 24.3 Å². The quantitative estimate of drug-likeness (QED) is 0.433. The van der Waals surface area contributed by atoms with Gasteiger partial charge in [0.05, 0.1) is 11.6 Å². The third-order valence-corrected chi connectivity index (χ3v) is 5.15. The Labute approximate surface area is 168 Å². The van der Waals surface area contributed by atoms with E-state index in [0.29, 0.717) is 16.5 Å². The highest BCUT2D eigenvalue weighted by atomic mass is 127. The molecule has 3 aromatic rings. The van der Waals surface area contributed by atoms with Crippen LogP contribution in [0.5, 0.6) is 0 Å². The third-order valence-electron chi connectivity index (χ3n) is 4.31. The summed E-state index contributed by atoms with van der Waals surface area (Å²) < 4.78 is 7.08. The van der Waals surface area contributed by atoms with Gasteiger partial charge in [-0.05, 0) is 65.2 Å². The number of hydrogen-bond acceptors (Lipinski definition) is 4. The van der Waals surface area contributed by atoms with Crippen LogP contribution in [0, 0.1) is 3.57 Å². The summed E-state index contributed by atoms with van der Waals surface area (Å²) in [4.78, 5) is 21.2. The van der Waals surface area contributed by atoms with E-state index in [1.165, 1.54) is 0 Å². The lowest BCUT2D eigenvalue weighted by molar-refractivity contribution is -0.163. The highest BCUT2D eigenvalue weighted by molar-refractivity contribution is 14.1. The highest BCUT2D eigenvalue weighted by Crippen LogP contribution is 2.42. The van der Waals surface area contributed by atoms with Gasteiger partial charge in [-0.15, -0.1) is 0 Å². The summed E-state index contributed by atoms with van der Waals surface area (Å²) in [6.45, 7) is 0. The zero-order valence-corrected chi connectivity index (χ0v) is 16.4. The lowest BCUT2D eigenvalue weighted by atomic mass is 9.87. The molecular formula is C19H14ClIN2O3. The maximum atomic E-state index is 12.6. The fourth-order valence-electron chi connectivity index (χ4n) is 2.99. The summed E-state index contributed by atoms with van der Waals surface area (Å²) in [7, 11) is 0. The van der Waals surface area contributed by atoms with Gasteiger partial charge in [-0.3, -0.25) is 0 Å². The first-order valence-corrected chi connectivity index (χ1v) is 9.56. The van der Waals surface area contributed by atoms with Gasteiger partial charge < -0.3 is 9.84 Å². The van der Waals surface area contributed by atoms with E-state index in [1.54, 1.807) is 24.3 Å². The van der Waals surface area contributed by atoms with Gasteiger partial charge in [-0.2, -0.15) is 0 Å². The standard InChI is InChI=1S/C19H14ClIN2O3/c20-18-22-15-9-6-12(21)10-14(15)16(23-18)19(17(24)25,26-13-7-8-13)11-4-2-1-3-5-11/h1-6,9-10,13H,7-8H2,(H,24,25)/t19-/m1/s1. The average Bonchev–Trinajstić information content (AvgIpc) is 3.44. The van der Waals surface area contributed by atoms with Crippen molar-refractivity contribution < 1.29 is 14.6 Å². The van der Waals surface area contributed by atoms with Crippen molar-refractivity contribution in [2.75, 3.05) is 0 Å². The van der Waals surface area contributed by atoms with Crippen LogP contribution in [0.1, 0.15) is 24.1 Å². The first-order chi connectivity index (χ1) is 12.5. The SMILES string of the molecule is O=C(O)[C@@](OC1CC1)(c1ccccc1)c1nc(Cl)nc2ccc(I)cc12. The molecule has 1 heterocycles. The van der Waals surface area contributed by atoms with Crippen LogP contribution >= 0.6 is 34.2 Å². The second-order valence-electron chi connectivity index (χ2n) is 6.17. The Morgan fingerprint density at radius 1 is 1.19 bits per heavy atom. The number of hydrogen-bond donors (Lipinski definition) is 1. The molecule has 1 aliphatic rings. The van der Waals surface area contributed by atoms with Gasteiger partial charge in [0, 0.05) is 14.5 Å². The zero-order chi connectivity index (χ0) is 18.3. The molecule has 0 aliphatic heterocycles. The molecule has 1 aromatic heterocycles. The van der Waals surface area contributed by atoms with Crippen molar-refractivity contribution in [2.45, 2.75) is 24.5 Å². The number of carbonyl (C=O) groups is 1. The smallest absolute Gasteiger partial charge is 0.347 e. The number of nitrogens with zero attached hydrogens (tertiary/aromatic N) is 2. The number of halogens is 2. The van der Waals surface area contributed by atoms with E-state index >= 15 is 0 Å². The number of aliphatic carboxylic acids is 1. The normalized spacial score (nSPS) is 16.4. The van der Waals surface area contributed by atoms with E-state index < -0.39 is 11.6 Å². The number of ether oxygens (including phenoxy) is 1. The van der Waals surface area contributed by atoms with E-state index in [9.17, 15) is 9.90 Å². The van der Waals surface area contributed by atoms with Gasteiger partial charge in [0.25, 0.3) is 0 Å². The van der Waals surface area contributed by atoms with Gasteiger partial charge in [0.15, 0.2) is 0 Å². The van der Waals surface area contributed by atoms with Crippen molar-refractivity contribution in [3.8, 4) is 0 Å². The number of fused-ring (bicyclic) bond motifs is 1. The fraction of sp³-hybridized carbons (Fsp3) is 0.211. The number of carboxylic acid groups (broad SMARTS) is 1. The Kier molecular flexibility index (Phi) is 4.58. The molecule has 7 heteroatoms. The summed E-state index contributed by atoms with van der Waals surface area (Å²) in [5.41, 5.74) is -0.384. The highest BCUT2D eigenvalue weighted by Gasteiger charge is 2.50. The summed E-state index contributed by atoms with van der Waals surface area (Å²) >= 11 is 8.32. The molecule has 26 heavy (non-hydrogen) atoms. The molecule has 1 N–H and O–H groups in total. The summed E-state index contributed by atoms with van der Waals surface area (Å²) in [6.07, 6.45) is 1.55. The molecule has 1 fully saturated rings. The number of rotatable bonds is 5. The van der Waals surface area contributed by atoms with Crippen LogP contribution in [0.15, 0.2) is 48.5 Å². The summed E-state index contributed by atoms with van der Waals surface area (Å²) in [6, 6.07) is 14.5. The average molecular weight is 481 g/mol. The van der Waals surface area contributed by atoms with E-state index in [4.69, 9.17) is 16.3 Å². The lowest BCUT2D eigenvalue weighted by Crippen LogP contribution is -2.42. The zero-order valence-electron chi connectivity index (χ0n) is 13.5. The number of benzene rings is 2. The molecule has 0 bridgehead atoms. The Morgan fingerprint density at radius 3 is 2.58 bits per heavy atom. The van der Waals surface area contributed by atoms with Crippen molar-refractivity contribution in [1.82, 2.24) is 9.97 Å². The van der Waals surface area contributed by atoms with E-state index in [2.05, 4.69) is 32.6 Å². The van der Waals surface area contributed by atoms with E-state index in [0.717, 1.165) is 16.4 Å². The van der Waals surface area contributed by atoms with Crippen molar-refractivity contribution >= 4 is 51.1 Å². The van der Waals surface area contributed by atoms with E-state index in [-0.39, 0.29) is 17.1 Å². The van der Waals surface area contributed by atoms with Gasteiger partial charge in [0.2, 0.25) is 10.9 Å². The summed E-state index contributed by atoms with van der Waals surface area (Å²) in [5, 5.41) is 10.9. The van der Waals surface area contributed by atoms with Gasteiger partial charge in [-0.25, -0.2) is 14.8 Å². The topological polar surface area (TPSA) is 72.3 Å². The number of carboxylic acids is 1. The molecule has 0 amide bonds. The van der Waals surface area contributed by atoms with Crippen LogP contribution in [-0.2, 0) is 15.1 Å². The van der Waals surface area contributed by atoms with Gasteiger partial charge >= 0.3 is 5.97 Å². The molecular weight excluding hydrogens is 467 g/mol. The Balaban J connectivity index is 2.08. The van der Waals surface area contributed by atoms with Crippen LogP contribution in [0.3, 0.4) is 0 Å². The molecule has 2 aromatic carbocycles. The molecule has 0 spiro atoms. The van der Waals surface area contributed by atoms with Crippen LogP contribution in [0.25, 0.3) is 10.9 Å². The molecule has 132 valence electrons. The molecule has 0 radical (unpaired) electrons. The lowest BCUT2D eigenvalue weighted by Gasteiger charge is -2.30. The summed E-state index contributed by atoms with van der Waals surface area (Å²) in [5.74, 6) is -1.12. The van der Waals surface area contributed by atoms with Gasteiger partial charge in [-0.1, -0.05) is 30.3 Å². The van der Waals surface area contributed by atoms with Crippen LogP contribution in [0.2, 0.25) is 5.28 Å². The maximum absolute atomic E-state index is 12.6. The monoisotopic (exact) mass is 480 g/mol. The molecule has 0 saturated heterocycles. The second-order valence-corrected chi connectivity index (χ2v) is 7.76. The largest absolute Gasteiger partial charge is 0.479 e. The molecule has 1 atom stereocenters. The first kappa shape index (κ1) is 17.6. The molecule has 1 saturated carbocycles. The minimum absolute atomic E-state index is 0.00494. The second kappa shape index (κ2) is 6.75. The van der Waals surface area contributed by atoms with Crippen molar-refractivity contribution in [3.05, 3.63) is 68.6 Å². The van der Waals surface area contributed by atoms with Crippen LogP contribution in [0.4, 0.5) is 0 Å². The third kappa shape index (κ3) is 3.06. The van der Waals surface area contributed by atoms with Crippen LogP contribution in [-0.4, -0.2) is 27.1 Å². The van der Waals surface area contributed by atoms with Gasteiger partial charge in [0.1, 0.15) is 5.69 Å². The molecule has 5 nitrogen and oxygen atoms in total. The van der Waals surface area contributed by atoms with Crippen molar-refractivity contribution in [1.29, 1.82) is 0 Å². The minimum atomic E-state index is -1.74.